The van der Waals surface area contributed by atoms with E-state index in [-0.39, 0.29) is 0 Å². The molecule has 1 aromatic rings. The van der Waals surface area contributed by atoms with Crippen LogP contribution in [-0.2, 0) is 22.9 Å². The fraction of sp³-hybridized carbons (Fsp3) is 0. The van der Waals surface area contributed by atoms with Crippen molar-refractivity contribution >= 4 is 36.5 Å². The van der Waals surface area contributed by atoms with Crippen LogP contribution in [0.15, 0.2) is 8.27 Å². The van der Waals surface area contributed by atoms with Crippen LogP contribution in [0.2, 0.25) is 0 Å². The highest BCUT2D eigenvalue weighted by atomic mass is 32.1. The van der Waals surface area contributed by atoms with E-state index >= 15 is 0 Å². The van der Waals surface area contributed by atoms with Gasteiger partial charge in [-0.2, -0.15) is 8.42 Å². The van der Waals surface area contributed by atoms with E-state index in [2.05, 4.69) is 8.27 Å². The summed E-state index contributed by atoms with van der Waals surface area (Å²) >= 11 is -1.07. The maximum Gasteiger partial charge on any atom is 0.208 e. The van der Waals surface area contributed by atoms with Gasteiger partial charge in [-0.3, -0.25) is 0 Å². The van der Waals surface area contributed by atoms with Gasteiger partial charge in [0.2, 0.25) is 37.0 Å². The second-order valence-electron chi connectivity index (χ2n) is 2.52. The SMILES string of the molecule is O=S=NP(N=S=O)c1c(F)c(F)c(F)c(F)c1F. The number of benzene rings is 1. The monoisotopic (exact) mass is 322 g/mol. The fourth-order valence-electron chi connectivity index (χ4n) is 0.929. The molecule has 0 aliphatic heterocycles. The molecule has 98 valence electrons. The van der Waals surface area contributed by atoms with Gasteiger partial charge in [-0.25, -0.2) is 22.0 Å². The summed E-state index contributed by atoms with van der Waals surface area (Å²) in [6.45, 7) is 0. The molecule has 4 nitrogen and oxygen atoms in total. The Morgan fingerprint density at radius 2 is 1.06 bits per heavy atom. The van der Waals surface area contributed by atoms with E-state index in [1.165, 1.54) is 0 Å². The van der Waals surface area contributed by atoms with Crippen molar-refractivity contribution in [2.45, 2.75) is 0 Å². The van der Waals surface area contributed by atoms with Crippen molar-refractivity contribution in [1.29, 1.82) is 0 Å². The van der Waals surface area contributed by atoms with Crippen LogP contribution < -0.4 is 5.30 Å². The topological polar surface area (TPSA) is 58.9 Å². The largest absolute Gasteiger partial charge is 0.208 e. The molecule has 1 aromatic carbocycles. The average Bonchev–Trinajstić information content (AvgIpc) is 2.35. The minimum atomic E-state index is -2.79. The molecule has 0 fully saturated rings. The average molecular weight is 322 g/mol. The minimum absolute atomic E-state index is 0.536. The van der Waals surface area contributed by atoms with Crippen LogP contribution >= 0.6 is 8.22 Å². The number of rotatable bonds is 3. The fourth-order valence-corrected chi connectivity index (χ4v) is 3.02. The lowest BCUT2D eigenvalue weighted by Crippen LogP contribution is -2.18. The Morgan fingerprint density at radius 1 is 0.722 bits per heavy atom. The highest BCUT2D eigenvalue weighted by Crippen LogP contribution is 2.40. The standard InChI is InChI=1S/C6F5N2O2PS2/c7-1-2(8)4(10)6(5(11)3(1)9)16(12-17-14)13-18-15. The summed E-state index contributed by atoms with van der Waals surface area (Å²) in [5.74, 6) is -11.0. The molecule has 0 aromatic heterocycles. The van der Waals surface area contributed by atoms with Crippen LogP contribution in [0, 0.1) is 29.1 Å². The zero-order valence-corrected chi connectivity index (χ0v) is 10.4. The van der Waals surface area contributed by atoms with Crippen LogP contribution in [0.1, 0.15) is 0 Å². The maximum atomic E-state index is 13.3. The van der Waals surface area contributed by atoms with Gasteiger partial charge in [0.05, 0.1) is 5.30 Å². The van der Waals surface area contributed by atoms with Crippen molar-refractivity contribution < 1.29 is 30.4 Å². The molecule has 18 heavy (non-hydrogen) atoms. The molecule has 0 spiro atoms. The van der Waals surface area contributed by atoms with Crippen LogP contribution in [0.4, 0.5) is 22.0 Å². The highest BCUT2D eigenvalue weighted by Gasteiger charge is 2.31. The molecular formula is C6F5N2O2PS2. The molecule has 1 rings (SSSR count). The molecule has 0 saturated carbocycles. The minimum Gasteiger partial charge on any atom is -0.203 e. The van der Waals surface area contributed by atoms with E-state index in [9.17, 15) is 30.4 Å². The third-order valence-corrected chi connectivity index (χ3v) is 4.17. The Kier molecular flexibility index (Phi) is 5.17. The second-order valence-corrected chi connectivity index (χ2v) is 5.15. The summed E-state index contributed by atoms with van der Waals surface area (Å²) in [7, 11) is -2.79. The van der Waals surface area contributed by atoms with Crippen molar-refractivity contribution in [2.24, 2.45) is 8.27 Å². The van der Waals surface area contributed by atoms with E-state index in [4.69, 9.17) is 0 Å². The summed E-state index contributed by atoms with van der Waals surface area (Å²) in [6, 6.07) is 0. The number of hydrogen-bond acceptors (Lipinski definition) is 4. The molecule has 0 N–H and O–H groups in total. The third-order valence-electron chi connectivity index (χ3n) is 1.61. The van der Waals surface area contributed by atoms with Gasteiger partial charge < -0.3 is 0 Å². The van der Waals surface area contributed by atoms with E-state index in [1.54, 1.807) is 0 Å². The molecule has 12 heteroatoms. The van der Waals surface area contributed by atoms with Crippen molar-refractivity contribution in [2.75, 3.05) is 0 Å². The predicted molar refractivity (Wildman–Crippen MR) is 53.9 cm³/mol. The van der Waals surface area contributed by atoms with Crippen LogP contribution in [-0.4, -0.2) is 8.42 Å². The molecule has 0 aliphatic rings. The summed E-state index contributed by atoms with van der Waals surface area (Å²) in [5, 5.41) is -1.38. The van der Waals surface area contributed by atoms with Gasteiger partial charge in [0.15, 0.2) is 23.3 Å². The Labute approximate surface area is 105 Å². The Morgan fingerprint density at radius 3 is 1.39 bits per heavy atom. The first-order valence-electron chi connectivity index (χ1n) is 3.77. The van der Waals surface area contributed by atoms with Crippen molar-refractivity contribution in [3.05, 3.63) is 29.1 Å². The Bertz CT molecular complexity index is 555. The number of nitrogens with zero attached hydrogens (tertiary/aromatic N) is 2. The molecular weight excluding hydrogens is 322 g/mol. The van der Waals surface area contributed by atoms with Crippen molar-refractivity contribution in [3.8, 4) is 0 Å². The molecule has 0 amide bonds. The molecule has 0 saturated heterocycles. The molecule has 0 aliphatic carbocycles. The van der Waals surface area contributed by atoms with Gasteiger partial charge in [-0.05, 0) is 0 Å². The number of hydrogen-bond donors (Lipinski definition) is 0. The van der Waals surface area contributed by atoms with Crippen molar-refractivity contribution in [3.63, 3.8) is 0 Å². The Hall–Kier alpha value is -1.06. The summed E-state index contributed by atoms with van der Waals surface area (Å²) in [4.78, 5) is 0. The zero-order chi connectivity index (χ0) is 13.9. The highest BCUT2D eigenvalue weighted by molar-refractivity contribution is 7.75. The van der Waals surface area contributed by atoms with E-state index in [1.807, 2.05) is 0 Å². The van der Waals surface area contributed by atoms with E-state index < -0.39 is 65.5 Å². The maximum absolute atomic E-state index is 13.3. The molecule has 0 unspecified atom stereocenters. The van der Waals surface area contributed by atoms with Crippen LogP contribution in [0.5, 0.6) is 0 Å². The molecule has 0 heterocycles. The molecule has 0 radical (unpaired) electrons. The predicted octanol–water partition coefficient (Wildman–Crippen LogP) is 2.11. The van der Waals surface area contributed by atoms with Gasteiger partial charge in [-0.1, -0.05) is 0 Å². The van der Waals surface area contributed by atoms with Gasteiger partial charge in [0.1, 0.15) is 0 Å². The third kappa shape index (κ3) is 2.68. The lowest BCUT2D eigenvalue weighted by molar-refractivity contribution is 0.384. The lowest BCUT2D eigenvalue weighted by atomic mass is 10.3. The summed E-state index contributed by atoms with van der Waals surface area (Å²) in [6.07, 6.45) is 0. The first kappa shape index (κ1) is 15.0. The van der Waals surface area contributed by atoms with Gasteiger partial charge in [0, 0.05) is 0 Å². The first-order chi connectivity index (χ1) is 8.45. The second kappa shape index (κ2) is 6.21. The summed E-state index contributed by atoms with van der Waals surface area (Å²) < 4.78 is 91.0. The smallest absolute Gasteiger partial charge is 0.203 e. The van der Waals surface area contributed by atoms with E-state index in [0.717, 1.165) is 0 Å². The van der Waals surface area contributed by atoms with Gasteiger partial charge in [0.25, 0.3) is 0 Å². The molecule has 0 atom stereocenters. The first-order valence-corrected chi connectivity index (χ1v) is 6.41. The van der Waals surface area contributed by atoms with Gasteiger partial charge in [-0.15, -0.1) is 8.27 Å². The van der Waals surface area contributed by atoms with E-state index in [0.29, 0.717) is 0 Å². The quantitative estimate of drug-likeness (QED) is 0.370. The molecule has 0 bridgehead atoms. The lowest BCUT2D eigenvalue weighted by Gasteiger charge is -2.08. The summed E-state index contributed by atoms with van der Waals surface area (Å²) in [5.41, 5.74) is 0. The van der Waals surface area contributed by atoms with Crippen LogP contribution in [0.3, 0.4) is 0 Å². The van der Waals surface area contributed by atoms with Gasteiger partial charge >= 0.3 is 0 Å². The normalized spacial score (nSPS) is 11.8. The zero-order valence-electron chi connectivity index (χ0n) is 7.86. The number of halogens is 5. The van der Waals surface area contributed by atoms with Crippen molar-refractivity contribution in [1.82, 2.24) is 0 Å². The van der Waals surface area contributed by atoms with Crippen LogP contribution in [0.25, 0.3) is 0 Å². The Balaban J connectivity index is 3.67.